The van der Waals surface area contributed by atoms with Gasteiger partial charge in [0.15, 0.2) is 0 Å². The average Bonchev–Trinajstić information content (AvgIpc) is 2.05. The monoisotopic (exact) mass is 239 g/mol. The Kier molecular flexibility index (Phi) is 3.66. The molecular formula is C8H7F3O3P+. The van der Waals surface area contributed by atoms with Crippen molar-refractivity contribution in [1.29, 1.82) is 0 Å². The Labute approximate surface area is 84.4 Å². The molecule has 1 atom stereocenters. The second-order valence-corrected chi connectivity index (χ2v) is 3.72. The van der Waals surface area contributed by atoms with Crippen molar-refractivity contribution in [1.82, 2.24) is 0 Å². The summed E-state index contributed by atoms with van der Waals surface area (Å²) in [6.07, 6.45) is -4.80. The highest BCUT2D eigenvalue weighted by Gasteiger charge is 2.31. The van der Waals surface area contributed by atoms with Crippen LogP contribution in [-0.2, 0) is 10.7 Å². The normalized spacial score (nSPS) is 12.4. The number of hydrogen-bond donors (Lipinski definition) is 1. The molecule has 1 aromatic carbocycles. The van der Waals surface area contributed by atoms with Crippen molar-refractivity contribution >= 4 is 8.03 Å². The highest BCUT2D eigenvalue weighted by Crippen LogP contribution is 2.25. The summed E-state index contributed by atoms with van der Waals surface area (Å²) in [6.45, 7) is 0. The summed E-state index contributed by atoms with van der Waals surface area (Å²) in [5, 5.41) is 0. The van der Waals surface area contributed by atoms with E-state index in [1.165, 1.54) is 12.1 Å². The molecule has 0 aliphatic heterocycles. The summed E-state index contributed by atoms with van der Waals surface area (Å²) < 4.78 is 49.3. The molecule has 1 rings (SSSR count). The quantitative estimate of drug-likeness (QED) is 0.825. The molecule has 1 unspecified atom stereocenters. The first-order valence-electron chi connectivity index (χ1n) is 3.85. The summed E-state index contributed by atoms with van der Waals surface area (Å²) >= 11 is 0. The third kappa shape index (κ3) is 4.76. The molecule has 0 heterocycles. The number of alkyl halides is 3. The van der Waals surface area contributed by atoms with Crippen molar-refractivity contribution in [2.75, 3.05) is 0 Å². The van der Waals surface area contributed by atoms with E-state index in [1.54, 1.807) is 0 Å². The SMILES string of the molecule is O=[P+](O)Cc1ccc(OC(F)(F)F)cc1. The van der Waals surface area contributed by atoms with Crippen LogP contribution in [-0.4, -0.2) is 11.3 Å². The van der Waals surface area contributed by atoms with Gasteiger partial charge in [-0.15, -0.1) is 13.2 Å². The molecule has 0 aliphatic rings. The fraction of sp³-hybridized carbons (Fsp3) is 0.250. The van der Waals surface area contributed by atoms with Gasteiger partial charge in [0.25, 0.3) is 0 Å². The lowest BCUT2D eigenvalue weighted by Crippen LogP contribution is -2.16. The van der Waals surface area contributed by atoms with Crippen LogP contribution in [0.3, 0.4) is 0 Å². The first-order valence-corrected chi connectivity index (χ1v) is 5.25. The van der Waals surface area contributed by atoms with Crippen LogP contribution in [0.4, 0.5) is 13.2 Å². The second-order valence-electron chi connectivity index (χ2n) is 2.70. The molecule has 15 heavy (non-hydrogen) atoms. The van der Waals surface area contributed by atoms with Crippen LogP contribution in [0.25, 0.3) is 0 Å². The number of hydrogen-bond acceptors (Lipinski definition) is 2. The molecule has 1 N–H and O–H groups in total. The molecule has 3 nitrogen and oxygen atoms in total. The Morgan fingerprint density at radius 3 is 2.20 bits per heavy atom. The molecule has 0 saturated carbocycles. The van der Waals surface area contributed by atoms with Gasteiger partial charge in [-0.2, -0.15) is 4.89 Å². The minimum atomic E-state index is -4.72. The summed E-state index contributed by atoms with van der Waals surface area (Å²) in [6, 6.07) is 4.82. The molecule has 0 spiro atoms. The number of rotatable bonds is 3. The van der Waals surface area contributed by atoms with E-state index in [0.29, 0.717) is 5.56 Å². The van der Waals surface area contributed by atoms with Gasteiger partial charge in [0.2, 0.25) is 6.16 Å². The Morgan fingerprint density at radius 1 is 1.27 bits per heavy atom. The molecule has 0 aromatic heterocycles. The molecular weight excluding hydrogens is 232 g/mol. The fourth-order valence-electron chi connectivity index (χ4n) is 0.953. The summed E-state index contributed by atoms with van der Waals surface area (Å²) in [7, 11) is -2.33. The maximum atomic E-state index is 11.7. The smallest absolute Gasteiger partial charge is 0.406 e. The molecule has 0 fully saturated rings. The molecule has 0 aliphatic carbocycles. The number of halogens is 3. The largest absolute Gasteiger partial charge is 0.573 e. The molecule has 0 amide bonds. The number of ether oxygens (including phenoxy) is 1. The van der Waals surface area contributed by atoms with Crippen LogP contribution in [0.2, 0.25) is 0 Å². The third-order valence-electron chi connectivity index (χ3n) is 1.47. The van der Waals surface area contributed by atoms with Gasteiger partial charge < -0.3 is 4.74 Å². The minimum Gasteiger partial charge on any atom is -0.406 e. The average molecular weight is 239 g/mol. The maximum absolute atomic E-state index is 11.7. The van der Waals surface area contributed by atoms with E-state index in [2.05, 4.69) is 4.74 Å². The Balaban J connectivity index is 2.68. The van der Waals surface area contributed by atoms with E-state index >= 15 is 0 Å². The van der Waals surface area contributed by atoms with E-state index in [0.717, 1.165) is 12.1 Å². The standard InChI is InChI=1S/C8H6F3O3P/c9-8(10,11)14-7-3-1-6(2-4-7)5-15(12)13/h1-4H,5H2/p+1. The topological polar surface area (TPSA) is 46.5 Å². The van der Waals surface area contributed by atoms with Gasteiger partial charge in [-0.05, 0) is 16.7 Å². The van der Waals surface area contributed by atoms with Gasteiger partial charge in [0.1, 0.15) is 5.75 Å². The molecule has 7 heteroatoms. The van der Waals surface area contributed by atoms with Crippen molar-refractivity contribution in [2.45, 2.75) is 12.5 Å². The minimum absolute atomic E-state index is 0.0817. The van der Waals surface area contributed by atoms with Crippen LogP contribution in [0.15, 0.2) is 24.3 Å². The van der Waals surface area contributed by atoms with Gasteiger partial charge in [0.05, 0.1) is 0 Å². The Hall–Kier alpha value is -1.13. The van der Waals surface area contributed by atoms with Crippen molar-refractivity contribution in [3.05, 3.63) is 29.8 Å². The highest BCUT2D eigenvalue weighted by molar-refractivity contribution is 7.37. The van der Waals surface area contributed by atoms with Gasteiger partial charge in [0, 0.05) is 5.56 Å². The van der Waals surface area contributed by atoms with Crippen molar-refractivity contribution < 1.29 is 27.4 Å². The molecule has 0 bridgehead atoms. The number of benzene rings is 1. The van der Waals surface area contributed by atoms with Crippen LogP contribution in [0, 0.1) is 0 Å². The van der Waals surface area contributed by atoms with Gasteiger partial charge in [-0.1, -0.05) is 12.1 Å². The zero-order chi connectivity index (χ0) is 11.5. The molecule has 0 saturated heterocycles. The van der Waals surface area contributed by atoms with Gasteiger partial charge in [-0.3, -0.25) is 0 Å². The second kappa shape index (κ2) is 4.59. The lowest BCUT2D eigenvalue weighted by atomic mass is 10.2. The predicted octanol–water partition coefficient (Wildman–Crippen LogP) is 2.82. The van der Waals surface area contributed by atoms with Crippen LogP contribution < -0.4 is 4.74 Å². The maximum Gasteiger partial charge on any atom is 0.573 e. The van der Waals surface area contributed by atoms with E-state index in [4.69, 9.17) is 4.89 Å². The highest BCUT2D eigenvalue weighted by atomic mass is 31.1. The predicted molar refractivity (Wildman–Crippen MR) is 46.7 cm³/mol. The third-order valence-corrected chi connectivity index (χ3v) is 2.11. The van der Waals surface area contributed by atoms with Gasteiger partial charge in [-0.25, -0.2) is 0 Å². The Morgan fingerprint density at radius 2 is 1.80 bits per heavy atom. The summed E-state index contributed by atoms with van der Waals surface area (Å²) in [5.41, 5.74) is 0.480. The van der Waals surface area contributed by atoms with Crippen molar-refractivity contribution in [3.8, 4) is 5.75 Å². The molecule has 0 radical (unpaired) electrons. The first-order chi connectivity index (χ1) is 6.87. The van der Waals surface area contributed by atoms with Crippen molar-refractivity contribution in [2.24, 2.45) is 0 Å². The summed E-state index contributed by atoms with van der Waals surface area (Å²) in [4.78, 5) is 8.56. The van der Waals surface area contributed by atoms with E-state index < -0.39 is 14.4 Å². The summed E-state index contributed by atoms with van der Waals surface area (Å²) in [5.74, 6) is -0.348. The lowest BCUT2D eigenvalue weighted by molar-refractivity contribution is -0.274. The van der Waals surface area contributed by atoms with Crippen LogP contribution in [0.5, 0.6) is 5.75 Å². The Bertz CT molecular complexity index is 347. The van der Waals surface area contributed by atoms with Crippen LogP contribution >= 0.6 is 8.03 Å². The first kappa shape index (κ1) is 11.9. The zero-order valence-electron chi connectivity index (χ0n) is 7.36. The molecule has 82 valence electrons. The van der Waals surface area contributed by atoms with Crippen molar-refractivity contribution in [3.63, 3.8) is 0 Å². The fourth-order valence-corrected chi connectivity index (χ4v) is 1.48. The van der Waals surface area contributed by atoms with E-state index in [1.807, 2.05) is 0 Å². The lowest BCUT2D eigenvalue weighted by Gasteiger charge is -2.08. The van der Waals surface area contributed by atoms with E-state index in [9.17, 15) is 17.7 Å². The van der Waals surface area contributed by atoms with Crippen LogP contribution in [0.1, 0.15) is 5.56 Å². The zero-order valence-corrected chi connectivity index (χ0v) is 8.26. The van der Waals surface area contributed by atoms with Gasteiger partial charge >= 0.3 is 14.4 Å². The molecule has 1 aromatic rings. The van der Waals surface area contributed by atoms with E-state index in [-0.39, 0.29) is 11.9 Å².